The molecule has 0 saturated carbocycles. The van der Waals surface area contributed by atoms with Gasteiger partial charge in [-0.15, -0.1) is 0 Å². The van der Waals surface area contributed by atoms with Crippen LogP contribution >= 0.6 is 31.9 Å². The van der Waals surface area contributed by atoms with Crippen molar-refractivity contribution >= 4 is 31.9 Å². The molecule has 0 saturated heterocycles. The fourth-order valence-corrected chi connectivity index (χ4v) is 4.61. The minimum absolute atomic E-state index is 0.147. The molecule has 19 heavy (non-hydrogen) atoms. The predicted molar refractivity (Wildman–Crippen MR) is 88.6 cm³/mol. The van der Waals surface area contributed by atoms with E-state index in [9.17, 15) is 0 Å². The molecule has 3 rings (SSSR count). The molecule has 0 nitrogen and oxygen atoms in total. The van der Waals surface area contributed by atoms with E-state index in [1.165, 1.54) is 31.2 Å². The Morgan fingerprint density at radius 3 is 2.37 bits per heavy atom. The van der Waals surface area contributed by atoms with Crippen molar-refractivity contribution < 1.29 is 0 Å². The largest absolute Gasteiger partial charge is 0.0642 e. The lowest BCUT2D eigenvalue weighted by molar-refractivity contribution is 0.488. The quantitative estimate of drug-likeness (QED) is 0.574. The summed E-state index contributed by atoms with van der Waals surface area (Å²) in [5.74, 6) is 0. The second-order valence-electron chi connectivity index (χ2n) is 5.14. The van der Waals surface area contributed by atoms with E-state index in [1.54, 1.807) is 0 Å². The van der Waals surface area contributed by atoms with Crippen LogP contribution in [0.5, 0.6) is 0 Å². The predicted octanol–water partition coefficient (Wildman–Crippen LogP) is 6.30. The molecular formula is C17H16Br2. The van der Waals surface area contributed by atoms with Gasteiger partial charge in [-0.25, -0.2) is 0 Å². The zero-order valence-corrected chi connectivity index (χ0v) is 14.3. The van der Waals surface area contributed by atoms with Crippen LogP contribution in [0.4, 0.5) is 0 Å². The van der Waals surface area contributed by atoms with Gasteiger partial charge >= 0.3 is 0 Å². The van der Waals surface area contributed by atoms with Crippen LogP contribution in [-0.4, -0.2) is 0 Å². The van der Waals surface area contributed by atoms with Gasteiger partial charge in [0.2, 0.25) is 0 Å². The van der Waals surface area contributed by atoms with E-state index < -0.39 is 0 Å². The standard InChI is InChI=1S/C17H16Br2/c1-3-17(4-2)14-10-11(18)8-9-12(14)13-6-5-7-15(19)16(13)17/h5-10H,3-4H2,1-2H3. The Morgan fingerprint density at radius 1 is 0.947 bits per heavy atom. The van der Waals surface area contributed by atoms with Gasteiger partial charge in [0, 0.05) is 14.4 Å². The average molecular weight is 380 g/mol. The minimum Gasteiger partial charge on any atom is -0.0642 e. The van der Waals surface area contributed by atoms with E-state index in [2.05, 4.69) is 82.1 Å². The first kappa shape index (κ1) is 13.4. The number of fused-ring (bicyclic) bond motifs is 3. The van der Waals surface area contributed by atoms with Crippen molar-refractivity contribution in [3.05, 3.63) is 56.5 Å². The summed E-state index contributed by atoms with van der Waals surface area (Å²) in [7, 11) is 0. The van der Waals surface area contributed by atoms with Gasteiger partial charge in [0.25, 0.3) is 0 Å². The maximum Gasteiger partial charge on any atom is 0.0222 e. The zero-order valence-electron chi connectivity index (χ0n) is 11.1. The molecule has 0 radical (unpaired) electrons. The highest BCUT2D eigenvalue weighted by molar-refractivity contribution is 9.10. The summed E-state index contributed by atoms with van der Waals surface area (Å²) in [6, 6.07) is 13.2. The molecule has 0 amide bonds. The van der Waals surface area contributed by atoms with Crippen molar-refractivity contribution in [3.63, 3.8) is 0 Å². The van der Waals surface area contributed by atoms with Crippen LogP contribution in [0.25, 0.3) is 11.1 Å². The van der Waals surface area contributed by atoms with Crippen LogP contribution in [0, 0.1) is 0 Å². The molecule has 2 aromatic rings. The Bertz CT molecular complexity index is 640. The SMILES string of the molecule is CCC1(CC)c2cc(Br)ccc2-c2cccc(Br)c21. The molecule has 1 aliphatic carbocycles. The monoisotopic (exact) mass is 378 g/mol. The van der Waals surface area contributed by atoms with E-state index in [0.717, 1.165) is 12.8 Å². The smallest absolute Gasteiger partial charge is 0.0222 e. The molecule has 0 aromatic heterocycles. The molecule has 0 heterocycles. The van der Waals surface area contributed by atoms with Gasteiger partial charge in [0.1, 0.15) is 0 Å². The van der Waals surface area contributed by atoms with E-state index in [0.29, 0.717) is 0 Å². The first-order valence-corrected chi connectivity index (χ1v) is 8.32. The molecule has 0 N–H and O–H groups in total. The first-order chi connectivity index (χ1) is 9.14. The van der Waals surface area contributed by atoms with Crippen LogP contribution in [0.2, 0.25) is 0 Å². The third kappa shape index (κ3) is 1.76. The van der Waals surface area contributed by atoms with Crippen LogP contribution in [0.15, 0.2) is 45.3 Å². The maximum atomic E-state index is 3.77. The lowest BCUT2D eigenvalue weighted by Crippen LogP contribution is -2.23. The zero-order chi connectivity index (χ0) is 13.6. The fourth-order valence-electron chi connectivity index (χ4n) is 3.50. The molecule has 0 unspecified atom stereocenters. The number of hydrogen-bond donors (Lipinski definition) is 0. The van der Waals surface area contributed by atoms with Gasteiger partial charge in [0.15, 0.2) is 0 Å². The summed E-state index contributed by atoms with van der Waals surface area (Å²) in [6.07, 6.45) is 2.26. The Hall–Kier alpha value is -0.600. The Labute approximate surface area is 131 Å². The normalized spacial score (nSPS) is 15.2. The molecule has 0 aliphatic heterocycles. The number of hydrogen-bond acceptors (Lipinski definition) is 0. The molecule has 98 valence electrons. The highest BCUT2D eigenvalue weighted by Gasteiger charge is 2.41. The van der Waals surface area contributed by atoms with Crippen LogP contribution in [-0.2, 0) is 5.41 Å². The molecule has 1 aliphatic rings. The van der Waals surface area contributed by atoms with Gasteiger partial charge in [-0.2, -0.15) is 0 Å². The van der Waals surface area contributed by atoms with Gasteiger partial charge in [-0.1, -0.05) is 63.9 Å². The molecule has 2 aromatic carbocycles. The minimum atomic E-state index is 0.147. The second-order valence-corrected chi connectivity index (χ2v) is 6.91. The Morgan fingerprint density at radius 2 is 1.68 bits per heavy atom. The van der Waals surface area contributed by atoms with E-state index in [4.69, 9.17) is 0 Å². The average Bonchev–Trinajstić information content (AvgIpc) is 2.70. The third-order valence-electron chi connectivity index (χ3n) is 4.49. The van der Waals surface area contributed by atoms with E-state index >= 15 is 0 Å². The highest BCUT2D eigenvalue weighted by Crippen LogP contribution is 2.55. The Balaban J connectivity index is 2.42. The molecule has 0 spiro atoms. The highest BCUT2D eigenvalue weighted by atomic mass is 79.9. The summed E-state index contributed by atoms with van der Waals surface area (Å²) in [4.78, 5) is 0. The van der Waals surface area contributed by atoms with Gasteiger partial charge < -0.3 is 0 Å². The van der Waals surface area contributed by atoms with E-state index in [1.807, 2.05) is 0 Å². The number of rotatable bonds is 2. The van der Waals surface area contributed by atoms with Crippen molar-refractivity contribution in [2.75, 3.05) is 0 Å². The molecule has 0 fully saturated rings. The fraction of sp³-hybridized carbons (Fsp3) is 0.294. The summed E-state index contributed by atoms with van der Waals surface area (Å²) in [6.45, 7) is 4.59. The van der Waals surface area contributed by atoms with Crippen LogP contribution in [0.1, 0.15) is 37.8 Å². The van der Waals surface area contributed by atoms with Crippen LogP contribution in [0.3, 0.4) is 0 Å². The maximum absolute atomic E-state index is 3.77. The summed E-state index contributed by atoms with van der Waals surface area (Å²) in [5, 5.41) is 0. The number of halogens is 2. The molecular weight excluding hydrogens is 364 g/mol. The molecule has 0 atom stereocenters. The number of benzene rings is 2. The third-order valence-corrected chi connectivity index (χ3v) is 5.64. The summed E-state index contributed by atoms with van der Waals surface area (Å²) >= 11 is 7.40. The van der Waals surface area contributed by atoms with E-state index in [-0.39, 0.29) is 5.41 Å². The van der Waals surface area contributed by atoms with Crippen molar-refractivity contribution in [2.45, 2.75) is 32.1 Å². The summed E-state index contributed by atoms with van der Waals surface area (Å²) < 4.78 is 2.41. The second kappa shape index (κ2) is 4.75. The van der Waals surface area contributed by atoms with Crippen LogP contribution < -0.4 is 0 Å². The van der Waals surface area contributed by atoms with Gasteiger partial charge in [-0.05, 0) is 53.3 Å². The van der Waals surface area contributed by atoms with Gasteiger partial charge in [0.05, 0.1) is 0 Å². The van der Waals surface area contributed by atoms with Crippen molar-refractivity contribution in [1.29, 1.82) is 0 Å². The lowest BCUT2D eigenvalue weighted by Gasteiger charge is -2.30. The van der Waals surface area contributed by atoms with Crippen molar-refractivity contribution in [1.82, 2.24) is 0 Å². The topological polar surface area (TPSA) is 0 Å². The van der Waals surface area contributed by atoms with Gasteiger partial charge in [-0.3, -0.25) is 0 Å². The molecule has 2 heteroatoms. The Kier molecular flexibility index (Phi) is 3.34. The lowest BCUT2D eigenvalue weighted by atomic mass is 9.74. The van der Waals surface area contributed by atoms with Crippen molar-refractivity contribution in [3.8, 4) is 11.1 Å². The molecule has 0 bridgehead atoms. The summed E-state index contributed by atoms with van der Waals surface area (Å²) in [5.41, 5.74) is 5.86. The first-order valence-electron chi connectivity index (χ1n) is 6.73. The van der Waals surface area contributed by atoms with Crippen molar-refractivity contribution in [2.24, 2.45) is 0 Å².